The van der Waals surface area contributed by atoms with Crippen LogP contribution in [-0.2, 0) is 6.54 Å². The molecule has 1 aliphatic rings. The summed E-state index contributed by atoms with van der Waals surface area (Å²) in [6.45, 7) is 3.85. The number of nitrogens with one attached hydrogen (secondary N) is 1. The highest BCUT2D eigenvalue weighted by molar-refractivity contribution is 5.94. The summed E-state index contributed by atoms with van der Waals surface area (Å²) in [6.07, 6.45) is 2.57. The Morgan fingerprint density at radius 3 is 2.50 bits per heavy atom. The van der Waals surface area contributed by atoms with Crippen molar-refractivity contribution in [1.29, 1.82) is 0 Å². The normalized spacial score (nSPS) is 16.0. The second-order valence-electron chi connectivity index (χ2n) is 7.28. The number of likely N-dealkylation sites (tertiary alicyclic amines) is 1. The molecule has 1 heterocycles. The molecule has 2 aromatic rings. The van der Waals surface area contributed by atoms with E-state index in [9.17, 15) is 4.79 Å². The van der Waals surface area contributed by atoms with Gasteiger partial charge in [-0.2, -0.15) is 0 Å². The van der Waals surface area contributed by atoms with Gasteiger partial charge in [0.2, 0.25) is 0 Å². The predicted octanol–water partition coefficient (Wildman–Crippen LogP) is 3.32. The molecule has 1 atom stereocenters. The predicted molar refractivity (Wildman–Crippen MR) is 106 cm³/mol. The first kappa shape index (κ1) is 18.6. The topological polar surface area (TPSA) is 35.6 Å². The van der Waals surface area contributed by atoms with E-state index in [0.717, 1.165) is 25.2 Å². The molecular formula is C22H29N3O. The van der Waals surface area contributed by atoms with Gasteiger partial charge in [0.1, 0.15) is 0 Å². The lowest BCUT2D eigenvalue weighted by atomic mass is 10.1. The summed E-state index contributed by atoms with van der Waals surface area (Å²) in [5, 5.41) is 3.11. The van der Waals surface area contributed by atoms with Gasteiger partial charge in [0.05, 0.1) is 6.04 Å². The molecule has 1 fully saturated rings. The van der Waals surface area contributed by atoms with Gasteiger partial charge in [-0.25, -0.2) is 0 Å². The van der Waals surface area contributed by atoms with E-state index in [0.29, 0.717) is 6.54 Å². The third-order valence-electron chi connectivity index (χ3n) is 5.06. The summed E-state index contributed by atoms with van der Waals surface area (Å²) in [5.41, 5.74) is 3.17. The van der Waals surface area contributed by atoms with Crippen LogP contribution in [0.15, 0.2) is 54.6 Å². The summed E-state index contributed by atoms with van der Waals surface area (Å²) in [7, 11) is 4.08. The van der Waals surface area contributed by atoms with Gasteiger partial charge in [0.15, 0.2) is 0 Å². The van der Waals surface area contributed by atoms with E-state index in [1.165, 1.54) is 24.0 Å². The maximum Gasteiger partial charge on any atom is 0.251 e. The molecule has 0 spiro atoms. The molecule has 0 saturated carbocycles. The van der Waals surface area contributed by atoms with Gasteiger partial charge in [-0.05, 0) is 63.3 Å². The SMILES string of the molecule is CN(C)C(CNC(=O)c1cccc(CN2CCCC2)c1)c1ccccc1. The van der Waals surface area contributed by atoms with Crippen LogP contribution < -0.4 is 5.32 Å². The molecule has 138 valence electrons. The molecule has 1 aliphatic heterocycles. The summed E-state index contributed by atoms with van der Waals surface area (Å²) in [6, 6.07) is 18.5. The maximum absolute atomic E-state index is 12.6. The van der Waals surface area contributed by atoms with Gasteiger partial charge >= 0.3 is 0 Å². The molecule has 0 bridgehead atoms. The highest BCUT2D eigenvalue weighted by atomic mass is 16.1. The van der Waals surface area contributed by atoms with Crippen molar-refractivity contribution in [2.45, 2.75) is 25.4 Å². The van der Waals surface area contributed by atoms with Crippen LogP contribution in [-0.4, -0.2) is 49.4 Å². The first-order chi connectivity index (χ1) is 12.6. The van der Waals surface area contributed by atoms with Crippen LogP contribution in [0.3, 0.4) is 0 Å². The second-order valence-corrected chi connectivity index (χ2v) is 7.28. The molecular weight excluding hydrogens is 322 g/mol. The zero-order valence-corrected chi connectivity index (χ0v) is 15.8. The van der Waals surface area contributed by atoms with Crippen LogP contribution in [0.5, 0.6) is 0 Å². The van der Waals surface area contributed by atoms with Gasteiger partial charge in [0, 0.05) is 18.7 Å². The molecule has 0 aliphatic carbocycles. The van der Waals surface area contributed by atoms with Crippen molar-refractivity contribution in [3.8, 4) is 0 Å². The van der Waals surface area contributed by atoms with Crippen LogP contribution in [0.4, 0.5) is 0 Å². The standard InChI is InChI=1S/C22H29N3O/c1-24(2)21(19-10-4-3-5-11-19)16-23-22(26)20-12-8-9-18(15-20)17-25-13-6-7-14-25/h3-5,8-12,15,21H,6-7,13-14,16-17H2,1-2H3,(H,23,26). The van der Waals surface area contributed by atoms with Gasteiger partial charge in [-0.3, -0.25) is 9.69 Å². The minimum absolute atomic E-state index is 0.00365. The third kappa shape index (κ3) is 4.93. The fourth-order valence-electron chi connectivity index (χ4n) is 3.58. The smallest absolute Gasteiger partial charge is 0.251 e. The van der Waals surface area contributed by atoms with E-state index in [2.05, 4.69) is 33.3 Å². The minimum Gasteiger partial charge on any atom is -0.350 e. The summed E-state index contributed by atoms with van der Waals surface area (Å²) in [4.78, 5) is 17.2. The monoisotopic (exact) mass is 351 g/mol. The van der Waals surface area contributed by atoms with Gasteiger partial charge in [-0.15, -0.1) is 0 Å². The number of hydrogen-bond donors (Lipinski definition) is 1. The quantitative estimate of drug-likeness (QED) is 0.831. The summed E-state index contributed by atoms with van der Waals surface area (Å²) < 4.78 is 0. The van der Waals surface area contributed by atoms with Crippen molar-refractivity contribution in [2.24, 2.45) is 0 Å². The van der Waals surface area contributed by atoms with Crippen LogP contribution in [0.2, 0.25) is 0 Å². The highest BCUT2D eigenvalue weighted by Gasteiger charge is 2.16. The lowest BCUT2D eigenvalue weighted by Gasteiger charge is -2.25. The van der Waals surface area contributed by atoms with E-state index < -0.39 is 0 Å². The van der Waals surface area contributed by atoms with Crippen molar-refractivity contribution >= 4 is 5.91 Å². The molecule has 1 amide bonds. The molecule has 0 aromatic heterocycles. The molecule has 4 heteroatoms. The molecule has 1 saturated heterocycles. The zero-order valence-electron chi connectivity index (χ0n) is 15.8. The zero-order chi connectivity index (χ0) is 18.4. The molecule has 3 rings (SSSR count). The van der Waals surface area contributed by atoms with E-state index >= 15 is 0 Å². The number of nitrogens with zero attached hydrogens (tertiary/aromatic N) is 2. The minimum atomic E-state index is -0.00365. The Labute approximate surface area is 156 Å². The molecule has 0 radical (unpaired) electrons. The van der Waals surface area contributed by atoms with Crippen LogP contribution in [0.1, 0.15) is 40.4 Å². The Hall–Kier alpha value is -2.17. The Morgan fingerprint density at radius 2 is 1.81 bits per heavy atom. The summed E-state index contributed by atoms with van der Waals surface area (Å²) >= 11 is 0. The van der Waals surface area contributed by atoms with Gasteiger partial charge in [0.25, 0.3) is 5.91 Å². The average molecular weight is 351 g/mol. The average Bonchev–Trinajstić information content (AvgIpc) is 3.15. The number of likely N-dealkylation sites (N-methyl/N-ethyl adjacent to an activating group) is 1. The fourth-order valence-corrected chi connectivity index (χ4v) is 3.58. The highest BCUT2D eigenvalue weighted by Crippen LogP contribution is 2.17. The van der Waals surface area contributed by atoms with E-state index in [4.69, 9.17) is 0 Å². The Bertz CT molecular complexity index is 708. The lowest BCUT2D eigenvalue weighted by molar-refractivity contribution is 0.0941. The number of benzene rings is 2. The molecule has 2 aromatic carbocycles. The lowest BCUT2D eigenvalue weighted by Crippen LogP contribution is -2.34. The number of carbonyl (C=O) groups is 1. The van der Waals surface area contributed by atoms with Crippen LogP contribution >= 0.6 is 0 Å². The van der Waals surface area contributed by atoms with Gasteiger partial charge in [-0.1, -0.05) is 42.5 Å². The molecule has 1 N–H and O–H groups in total. The van der Waals surface area contributed by atoms with Gasteiger partial charge < -0.3 is 10.2 Å². The third-order valence-corrected chi connectivity index (χ3v) is 5.06. The maximum atomic E-state index is 12.6. The van der Waals surface area contributed by atoms with Crippen molar-refractivity contribution in [1.82, 2.24) is 15.1 Å². The number of amides is 1. The number of rotatable bonds is 7. The van der Waals surface area contributed by atoms with Crippen molar-refractivity contribution in [2.75, 3.05) is 33.7 Å². The first-order valence-corrected chi connectivity index (χ1v) is 9.44. The molecule has 4 nitrogen and oxygen atoms in total. The first-order valence-electron chi connectivity index (χ1n) is 9.44. The molecule has 1 unspecified atom stereocenters. The summed E-state index contributed by atoms with van der Waals surface area (Å²) in [5.74, 6) is -0.00365. The number of hydrogen-bond acceptors (Lipinski definition) is 3. The number of carbonyl (C=O) groups excluding carboxylic acids is 1. The van der Waals surface area contributed by atoms with Crippen molar-refractivity contribution in [3.05, 3.63) is 71.3 Å². The van der Waals surface area contributed by atoms with Crippen molar-refractivity contribution in [3.63, 3.8) is 0 Å². The van der Waals surface area contributed by atoms with Crippen LogP contribution in [0, 0.1) is 0 Å². The van der Waals surface area contributed by atoms with E-state index in [-0.39, 0.29) is 11.9 Å². The second kappa shape index (κ2) is 8.97. The Morgan fingerprint density at radius 1 is 1.08 bits per heavy atom. The fraction of sp³-hybridized carbons (Fsp3) is 0.409. The largest absolute Gasteiger partial charge is 0.350 e. The Kier molecular flexibility index (Phi) is 6.42. The van der Waals surface area contributed by atoms with Crippen LogP contribution in [0.25, 0.3) is 0 Å². The van der Waals surface area contributed by atoms with E-state index in [1.807, 2.05) is 50.5 Å². The van der Waals surface area contributed by atoms with Crippen molar-refractivity contribution < 1.29 is 4.79 Å². The molecule has 26 heavy (non-hydrogen) atoms. The van der Waals surface area contributed by atoms with E-state index in [1.54, 1.807) is 0 Å². The Balaban J connectivity index is 1.62.